The number of pyridine rings is 1. The summed E-state index contributed by atoms with van der Waals surface area (Å²) in [4.78, 5) is 5.62. The zero-order valence-electron chi connectivity index (χ0n) is 8.58. The minimum absolute atomic E-state index is 1.00. The highest BCUT2D eigenvalue weighted by Gasteiger charge is 2.03. The van der Waals surface area contributed by atoms with Gasteiger partial charge in [0.2, 0.25) is 0 Å². The predicted octanol–water partition coefficient (Wildman–Crippen LogP) is 3.49. The van der Waals surface area contributed by atoms with Crippen LogP contribution in [-0.2, 0) is 0 Å². The monoisotopic (exact) mass is 226 g/mol. The maximum Gasteiger partial charge on any atom is 0.177 e. The van der Waals surface area contributed by atoms with Gasteiger partial charge >= 0.3 is 0 Å². The lowest BCUT2D eigenvalue weighted by molar-refractivity contribution is 0.958. The van der Waals surface area contributed by atoms with Crippen LogP contribution in [0.3, 0.4) is 0 Å². The third kappa shape index (κ3) is 1.70. The van der Waals surface area contributed by atoms with Crippen molar-refractivity contribution in [3.05, 3.63) is 60.9 Å². The molecule has 0 saturated heterocycles. The summed E-state index contributed by atoms with van der Waals surface area (Å²) in [5.74, 6) is 0. The van der Waals surface area contributed by atoms with Crippen LogP contribution in [0.5, 0.6) is 0 Å². The van der Waals surface area contributed by atoms with Gasteiger partial charge in [-0.1, -0.05) is 36.0 Å². The van der Waals surface area contributed by atoms with Crippen LogP contribution in [0, 0.1) is 0 Å². The second-order valence-electron chi connectivity index (χ2n) is 3.45. The van der Waals surface area contributed by atoms with Gasteiger partial charge in [0.25, 0.3) is 0 Å². The number of fused-ring (bicyclic) bond motifs is 1. The highest BCUT2D eigenvalue weighted by Crippen LogP contribution is 2.26. The molecular weight excluding hydrogens is 216 g/mol. The highest BCUT2D eigenvalue weighted by molar-refractivity contribution is 7.99. The van der Waals surface area contributed by atoms with E-state index in [1.54, 1.807) is 11.8 Å². The van der Waals surface area contributed by atoms with Crippen molar-refractivity contribution in [2.45, 2.75) is 10.1 Å². The largest absolute Gasteiger partial charge is 0.295 e. The second-order valence-corrected chi connectivity index (χ2v) is 4.49. The van der Waals surface area contributed by atoms with E-state index >= 15 is 0 Å². The van der Waals surface area contributed by atoms with Crippen molar-refractivity contribution in [2.75, 3.05) is 0 Å². The Labute approximate surface area is 97.9 Å². The first kappa shape index (κ1) is 9.48. The summed E-state index contributed by atoms with van der Waals surface area (Å²) in [6.45, 7) is 0. The van der Waals surface area contributed by atoms with E-state index in [0.29, 0.717) is 0 Å². The molecule has 78 valence electrons. The molecule has 0 atom stereocenters. The van der Waals surface area contributed by atoms with Crippen LogP contribution in [0.15, 0.2) is 71.0 Å². The summed E-state index contributed by atoms with van der Waals surface area (Å²) in [6, 6.07) is 16.4. The van der Waals surface area contributed by atoms with E-state index in [2.05, 4.69) is 27.6 Å². The van der Waals surface area contributed by atoms with Crippen LogP contribution in [0.25, 0.3) is 5.52 Å². The number of nitrogens with zero attached hydrogens (tertiary/aromatic N) is 2. The van der Waals surface area contributed by atoms with Crippen molar-refractivity contribution in [3.63, 3.8) is 0 Å². The molecule has 0 aliphatic carbocycles. The third-order valence-corrected chi connectivity index (χ3v) is 3.35. The highest BCUT2D eigenvalue weighted by atomic mass is 32.2. The van der Waals surface area contributed by atoms with Gasteiger partial charge in [-0.25, -0.2) is 4.98 Å². The fraction of sp³-hybridized carbons (Fsp3) is 0. The summed E-state index contributed by atoms with van der Waals surface area (Å²) in [7, 11) is 0. The molecule has 2 nitrogen and oxygen atoms in total. The summed E-state index contributed by atoms with van der Waals surface area (Å²) >= 11 is 1.68. The van der Waals surface area contributed by atoms with E-state index in [1.165, 1.54) is 4.90 Å². The van der Waals surface area contributed by atoms with E-state index in [-0.39, 0.29) is 0 Å². The van der Waals surface area contributed by atoms with E-state index in [1.807, 2.05) is 42.7 Å². The summed E-state index contributed by atoms with van der Waals surface area (Å²) < 4.78 is 2.09. The Kier molecular flexibility index (Phi) is 2.38. The van der Waals surface area contributed by atoms with Crippen molar-refractivity contribution in [1.29, 1.82) is 0 Å². The molecule has 16 heavy (non-hydrogen) atoms. The molecule has 0 aliphatic heterocycles. The fourth-order valence-corrected chi connectivity index (χ4v) is 2.46. The summed E-state index contributed by atoms with van der Waals surface area (Å²) in [6.07, 6.45) is 3.93. The minimum Gasteiger partial charge on any atom is -0.295 e. The Morgan fingerprint density at radius 1 is 0.938 bits per heavy atom. The summed E-state index contributed by atoms with van der Waals surface area (Å²) in [5.41, 5.74) is 1.13. The fourth-order valence-electron chi connectivity index (χ4n) is 1.59. The maximum absolute atomic E-state index is 4.42. The lowest BCUT2D eigenvalue weighted by Gasteiger charge is -2.00. The minimum atomic E-state index is 1.00. The SMILES string of the molecule is c1ccc(Sc2ncc3ccccn23)cc1. The number of imidazole rings is 1. The van der Waals surface area contributed by atoms with E-state index < -0.39 is 0 Å². The molecule has 2 heterocycles. The topological polar surface area (TPSA) is 17.3 Å². The van der Waals surface area contributed by atoms with Crippen molar-refractivity contribution in [2.24, 2.45) is 0 Å². The molecule has 0 bridgehead atoms. The number of hydrogen-bond donors (Lipinski definition) is 0. The van der Waals surface area contributed by atoms with Crippen LogP contribution in [0.1, 0.15) is 0 Å². The lowest BCUT2D eigenvalue weighted by atomic mass is 10.4. The Balaban J connectivity index is 2.01. The van der Waals surface area contributed by atoms with Gasteiger partial charge < -0.3 is 0 Å². The van der Waals surface area contributed by atoms with Gasteiger partial charge in [-0.3, -0.25) is 4.40 Å². The maximum atomic E-state index is 4.42. The molecule has 3 heteroatoms. The Morgan fingerprint density at radius 3 is 2.62 bits per heavy atom. The average molecular weight is 226 g/mol. The standard InChI is InChI=1S/C13H10N2S/c1-2-7-12(8-3-1)16-13-14-10-11-6-4-5-9-15(11)13/h1-10H. The smallest absolute Gasteiger partial charge is 0.177 e. The van der Waals surface area contributed by atoms with Crippen molar-refractivity contribution >= 4 is 17.3 Å². The normalized spacial score (nSPS) is 10.8. The first-order chi connectivity index (χ1) is 7.93. The molecule has 0 N–H and O–H groups in total. The number of hydrogen-bond acceptors (Lipinski definition) is 2. The van der Waals surface area contributed by atoms with Crippen LogP contribution >= 0.6 is 11.8 Å². The first-order valence-electron chi connectivity index (χ1n) is 5.08. The molecule has 0 aliphatic rings. The Morgan fingerprint density at radius 2 is 1.75 bits per heavy atom. The van der Waals surface area contributed by atoms with Gasteiger partial charge in [-0.2, -0.15) is 0 Å². The molecule has 0 amide bonds. The Hall–Kier alpha value is -1.74. The zero-order chi connectivity index (χ0) is 10.8. The molecule has 3 rings (SSSR count). The molecule has 0 spiro atoms. The lowest BCUT2D eigenvalue weighted by Crippen LogP contribution is -1.85. The van der Waals surface area contributed by atoms with Gasteiger partial charge in [-0.15, -0.1) is 0 Å². The van der Waals surface area contributed by atoms with E-state index in [0.717, 1.165) is 10.7 Å². The zero-order valence-corrected chi connectivity index (χ0v) is 9.39. The van der Waals surface area contributed by atoms with Gasteiger partial charge in [0.15, 0.2) is 5.16 Å². The molecule has 3 aromatic rings. The second kappa shape index (κ2) is 4.02. The van der Waals surface area contributed by atoms with Crippen LogP contribution in [-0.4, -0.2) is 9.38 Å². The average Bonchev–Trinajstić information content (AvgIpc) is 2.74. The Bertz CT molecular complexity index is 601. The number of aromatic nitrogens is 2. The van der Waals surface area contributed by atoms with E-state index in [9.17, 15) is 0 Å². The van der Waals surface area contributed by atoms with Crippen molar-refractivity contribution in [3.8, 4) is 0 Å². The summed E-state index contributed by atoms with van der Waals surface area (Å²) in [5, 5.41) is 1.00. The van der Waals surface area contributed by atoms with Crippen LogP contribution in [0.4, 0.5) is 0 Å². The molecule has 0 unspecified atom stereocenters. The van der Waals surface area contributed by atoms with Gasteiger partial charge in [0.05, 0.1) is 11.7 Å². The van der Waals surface area contributed by atoms with Gasteiger partial charge in [0.1, 0.15) is 0 Å². The quantitative estimate of drug-likeness (QED) is 0.665. The predicted molar refractivity (Wildman–Crippen MR) is 65.8 cm³/mol. The molecular formula is C13H10N2S. The number of benzene rings is 1. The molecule has 2 aromatic heterocycles. The third-order valence-electron chi connectivity index (χ3n) is 2.36. The van der Waals surface area contributed by atoms with Crippen LogP contribution in [0.2, 0.25) is 0 Å². The van der Waals surface area contributed by atoms with Crippen molar-refractivity contribution < 1.29 is 0 Å². The van der Waals surface area contributed by atoms with Gasteiger partial charge in [0, 0.05) is 11.1 Å². The van der Waals surface area contributed by atoms with E-state index in [4.69, 9.17) is 0 Å². The molecule has 0 radical (unpaired) electrons. The molecule has 0 saturated carbocycles. The molecule has 0 fully saturated rings. The molecule has 1 aromatic carbocycles. The first-order valence-corrected chi connectivity index (χ1v) is 5.90. The van der Waals surface area contributed by atoms with Gasteiger partial charge in [-0.05, 0) is 24.3 Å². The van der Waals surface area contributed by atoms with Crippen molar-refractivity contribution in [1.82, 2.24) is 9.38 Å². The number of rotatable bonds is 2. The van der Waals surface area contributed by atoms with Crippen LogP contribution < -0.4 is 0 Å².